The molecule has 5 heteroatoms. The lowest BCUT2D eigenvalue weighted by Gasteiger charge is -2.18. The molecule has 0 unspecified atom stereocenters. The van der Waals surface area contributed by atoms with Gasteiger partial charge in [0.15, 0.2) is 16.1 Å². The van der Waals surface area contributed by atoms with Crippen LogP contribution in [-0.4, -0.2) is 16.6 Å². The Morgan fingerprint density at radius 2 is 1.65 bits per heavy atom. The molecular formula is C12H18Cl2N2O. The van der Waals surface area contributed by atoms with E-state index in [1.54, 1.807) is 0 Å². The van der Waals surface area contributed by atoms with Crippen LogP contribution in [0.3, 0.4) is 0 Å². The van der Waals surface area contributed by atoms with E-state index < -0.39 is 0 Å². The standard InChI is InChI=1S/C12H18Cl2N2O/c1-5-6-7-17-8-9(13)15-11(12(2,3)4)16-10(8)14/h5-7H2,1-4H3. The summed E-state index contributed by atoms with van der Waals surface area (Å²) in [6, 6.07) is 0. The van der Waals surface area contributed by atoms with E-state index in [2.05, 4.69) is 16.9 Å². The van der Waals surface area contributed by atoms with Crippen LogP contribution in [0, 0.1) is 0 Å². The molecule has 1 aromatic heterocycles. The van der Waals surface area contributed by atoms with Crippen molar-refractivity contribution < 1.29 is 4.74 Å². The summed E-state index contributed by atoms with van der Waals surface area (Å²) in [6.45, 7) is 8.69. The largest absolute Gasteiger partial charge is 0.487 e. The minimum atomic E-state index is -0.185. The summed E-state index contributed by atoms with van der Waals surface area (Å²) < 4.78 is 5.49. The Morgan fingerprint density at radius 3 is 2.06 bits per heavy atom. The van der Waals surface area contributed by atoms with Crippen LogP contribution in [0.25, 0.3) is 0 Å². The van der Waals surface area contributed by atoms with Gasteiger partial charge in [0.2, 0.25) is 0 Å². The fraction of sp³-hybridized carbons (Fsp3) is 0.667. The smallest absolute Gasteiger partial charge is 0.194 e. The van der Waals surface area contributed by atoms with Gasteiger partial charge in [-0.05, 0) is 6.42 Å². The highest BCUT2D eigenvalue weighted by Crippen LogP contribution is 2.32. The van der Waals surface area contributed by atoms with E-state index in [0.717, 1.165) is 12.8 Å². The van der Waals surface area contributed by atoms with Crippen LogP contribution in [0.5, 0.6) is 5.75 Å². The molecule has 0 radical (unpaired) electrons. The number of halogens is 2. The Morgan fingerprint density at radius 1 is 1.12 bits per heavy atom. The van der Waals surface area contributed by atoms with Gasteiger partial charge < -0.3 is 4.74 Å². The first-order valence-electron chi connectivity index (χ1n) is 5.72. The first-order valence-corrected chi connectivity index (χ1v) is 6.48. The molecule has 0 atom stereocenters. The summed E-state index contributed by atoms with van der Waals surface area (Å²) in [4.78, 5) is 8.46. The topological polar surface area (TPSA) is 35.0 Å². The minimum absolute atomic E-state index is 0.185. The molecule has 1 rings (SSSR count). The average molecular weight is 277 g/mol. The Kier molecular flexibility index (Phi) is 5.02. The van der Waals surface area contributed by atoms with Crippen molar-refractivity contribution in [3.05, 3.63) is 16.1 Å². The van der Waals surface area contributed by atoms with Crippen molar-refractivity contribution >= 4 is 23.2 Å². The Balaban J connectivity index is 2.95. The van der Waals surface area contributed by atoms with Crippen LogP contribution in [0.4, 0.5) is 0 Å². The first-order chi connectivity index (χ1) is 7.86. The normalized spacial score (nSPS) is 11.6. The van der Waals surface area contributed by atoms with Crippen LogP contribution in [0.15, 0.2) is 0 Å². The van der Waals surface area contributed by atoms with Crippen molar-refractivity contribution in [1.82, 2.24) is 9.97 Å². The summed E-state index contributed by atoms with van der Waals surface area (Å²) in [7, 11) is 0. The third kappa shape index (κ3) is 4.00. The number of unbranched alkanes of at least 4 members (excludes halogenated alkanes) is 1. The molecule has 3 nitrogen and oxygen atoms in total. The molecule has 0 aromatic carbocycles. The number of hydrogen-bond acceptors (Lipinski definition) is 3. The zero-order valence-corrected chi connectivity index (χ0v) is 12.2. The third-order valence-electron chi connectivity index (χ3n) is 2.20. The fourth-order valence-electron chi connectivity index (χ4n) is 1.17. The van der Waals surface area contributed by atoms with Gasteiger partial charge in [-0.3, -0.25) is 0 Å². The highest BCUT2D eigenvalue weighted by molar-refractivity contribution is 6.35. The summed E-state index contributed by atoms with van der Waals surface area (Å²) in [6.07, 6.45) is 2.00. The molecule has 1 heterocycles. The number of ether oxygens (including phenoxy) is 1. The second kappa shape index (κ2) is 5.87. The highest BCUT2D eigenvalue weighted by atomic mass is 35.5. The monoisotopic (exact) mass is 276 g/mol. The maximum Gasteiger partial charge on any atom is 0.194 e. The zero-order valence-electron chi connectivity index (χ0n) is 10.7. The third-order valence-corrected chi connectivity index (χ3v) is 2.71. The van der Waals surface area contributed by atoms with E-state index in [0.29, 0.717) is 18.2 Å². The molecule has 0 saturated carbocycles. The van der Waals surface area contributed by atoms with Crippen LogP contribution < -0.4 is 4.74 Å². The van der Waals surface area contributed by atoms with Crippen molar-refractivity contribution in [1.29, 1.82) is 0 Å². The highest BCUT2D eigenvalue weighted by Gasteiger charge is 2.21. The molecule has 0 amide bonds. The van der Waals surface area contributed by atoms with Gasteiger partial charge in [0, 0.05) is 5.41 Å². The SMILES string of the molecule is CCCCOc1c(Cl)nc(C(C)(C)C)nc1Cl. The van der Waals surface area contributed by atoms with E-state index >= 15 is 0 Å². The summed E-state index contributed by atoms with van der Waals surface area (Å²) in [5.41, 5.74) is -0.185. The van der Waals surface area contributed by atoms with E-state index in [4.69, 9.17) is 27.9 Å². The Labute approximate surface area is 113 Å². The zero-order chi connectivity index (χ0) is 13.1. The van der Waals surface area contributed by atoms with Gasteiger partial charge in [-0.25, -0.2) is 9.97 Å². The van der Waals surface area contributed by atoms with Gasteiger partial charge in [-0.1, -0.05) is 57.3 Å². The first kappa shape index (κ1) is 14.5. The predicted octanol–water partition coefficient (Wildman–Crippen LogP) is 4.26. The van der Waals surface area contributed by atoms with Crippen LogP contribution >= 0.6 is 23.2 Å². The molecule has 17 heavy (non-hydrogen) atoms. The Bertz CT molecular complexity index is 366. The van der Waals surface area contributed by atoms with E-state index in [-0.39, 0.29) is 15.7 Å². The molecule has 0 bridgehead atoms. The van der Waals surface area contributed by atoms with Gasteiger partial charge in [0.25, 0.3) is 0 Å². The van der Waals surface area contributed by atoms with Gasteiger partial charge in [0.1, 0.15) is 5.82 Å². The molecule has 1 aromatic rings. The van der Waals surface area contributed by atoms with Crippen molar-refractivity contribution in [3.8, 4) is 5.75 Å². The molecule has 0 N–H and O–H groups in total. The van der Waals surface area contributed by atoms with E-state index in [1.165, 1.54) is 0 Å². The van der Waals surface area contributed by atoms with Crippen molar-refractivity contribution in [2.75, 3.05) is 6.61 Å². The van der Waals surface area contributed by atoms with Crippen LogP contribution in [0.2, 0.25) is 10.3 Å². The number of rotatable bonds is 4. The lowest BCUT2D eigenvalue weighted by Crippen LogP contribution is -2.16. The minimum Gasteiger partial charge on any atom is -0.487 e. The number of aromatic nitrogens is 2. The predicted molar refractivity (Wildman–Crippen MR) is 71.2 cm³/mol. The van der Waals surface area contributed by atoms with Crippen LogP contribution in [0.1, 0.15) is 46.4 Å². The second-order valence-electron chi connectivity index (χ2n) is 4.91. The Hall–Kier alpha value is -0.540. The molecule has 0 aliphatic carbocycles. The molecule has 0 aliphatic heterocycles. The maximum absolute atomic E-state index is 6.06. The van der Waals surface area contributed by atoms with E-state index in [1.807, 2.05) is 20.8 Å². The van der Waals surface area contributed by atoms with Gasteiger partial charge in [0.05, 0.1) is 6.61 Å². The van der Waals surface area contributed by atoms with Crippen LogP contribution in [-0.2, 0) is 5.41 Å². The maximum atomic E-state index is 6.06. The molecule has 96 valence electrons. The lowest BCUT2D eigenvalue weighted by molar-refractivity contribution is 0.306. The summed E-state index contributed by atoms with van der Waals surface area (Å²) in [5.74, 6) is 1.00. The second-order valence-corrected chi connectivity index (χ2v) is 5.63. The van der Waals surface area contributed by atoms with Gasteiger partial charge in [-0.15, -0.1) is 0 Å². The van der Waals surface area contributed by atoms with Gasteiger partial charge >= 0.3 is 0 Å². The average Bonchev–Trinajstić information content (AvgIpc) is 2.20. The summed E-state index contributed by atoms with van der Waals surface area (Å²) in [5, 5.41) is 0.567. The molecular weight excluding hydrogens is 259 g/mol. The van der Waals surface area contributed by atoms with Gasteiger partial charge in [-0.2, -0.15) is 0 Å². The number of hydrogen-bond donors (Lipinski definition) is 0. The number of nitrogens with zero attached hydrogens (tertiary/aromatic N) is 2. The summed E-state index contributed by atoms with van der Waals surface area (Å²) >= 11 is 12.1. The molecule has 0 aliphatic rings. The lowest BCUT2D eigenvalue weighted by atomic mass is 9.96. The van der Waals surface area contributed by atoms with Crippen molar-refractivity contribution in [3.63, 3.8) is 0 Å². The van der Waals surface area contributed by atoms with Crippen molar-refractivity contribution in [2.45, 2.75) is 46.0 Å². The molecule has 0 saturated heterocycles. The molecule has 0 spiro atoms. The van der Waals surface area contributed by atoms with E-state index in [9.17, 15) is 0 Å². The molecule has 0 fully saturated rings. The fourth-order valence-corrected chi connectivity index (χ4v) is 1.67. The quantitative estimate of drug-likeness (QED) is 0.609. The van der Waals surface area contributed by atoms with Crippen molar-refractivity contribution in [2.24, 2.45) is 0 Å².